The first kappa shape index (κ1) is 16.4. The summed E-state index contributed by atoms with van der Waals surface area (Å²) in [7, 11) is 0. The monoisotopic (exact) mass is 288 g/mol. The maximum Gasteiger partial charge on any atom is 0.305 e. The van der Waals surface area contributed by atoms with Crippen molar-refractivity contribution in [3.05, 3.63) is 39.7 Å². The fourth-order valence-electron chi connectivity index (χ4n) is 1.80. The van der Waals surface area contributed by atoms with Crippen molar-refractivity contribution in [3.63, 3.8) is 0 Å². The predicted octanol–water partition coefficient (Wildman–Crippen LogP) is 0.0539. The summed E-state index contributed by atoms with van der Waals surface area (Å²) in [4.78, 5) is 11.4. The van der Waals surface area contributed by atoms with Gasteiger partial charge in [-0.25, -0.2) is 0 Å². The van der Waals surface area contributed by atoms with E-state index in [1.54, 1.807) is 4.90 Å². The van der Waals surface area contributed by atoms with E-state index in [2.05, 4.69) is 0 Å². The van der Waals surface area contributed by atoms with Crippen LogP contribution in [0.5, 0.6) is 0 Å². The number of halogens is 1. The van der Waals surface area contributed by atoms with Gasteiger partial charge in [-0.1, -0.05) is 6.07 Å². The van der Waals surface area contributed by atoms with Gasteiger partial charge in [-0.15, -0.1) is 0 Å². The van der Waals surface area contributed by atoms with Gasteiger partial charge in [0.25, 0.3) is 0 Å². The van der Waals surface area contributed by atoms with Crippen LogP contribution in [0.15, 0.2) is 18.2 Å². The lowest BCUT2D eigenvalue weighted by molar-refractivity contribution is -0.387. The molecule has 0 bridgehead atoms. The lowest BCUT2D eigenvalue weighted by Gasteiger charge is -2.23. The third-order valence-corrected chi connectivity index (χ3v) is 2.82. The summed E-state index contributed by atoms with van der Waals surface area (Å²) in [6.45, 7) is 0.290. The number of rotatable bonds is 8. The molecular formula is C12H17FN2O5. The molecule has 0 amide bonds. The Morgan fingerprint density at radius 3 is 2.40 bits per heavy atom. The van der Waals surface area contributed by atoms with Gasteiger partial charge in [0, 0.05) is 25.7 Å². The average molecular weight is 288 g/mol. The van der Waals surface area contributed by atoms with Gasteiger partial charge in [0.05, 0.1) is 24.2 Å². The van der Waals surface area contributed by atoms with Gasteiger partial charge in [0.2, 0.25) is 5.82 Å². The molecule has 8 heteroatoms. The van der Waals surface area contributed by atoms with Crippen LogP contribution in [0, 0.1) is 15.9 Å². The molecule has 0 spiro atoms. The van der Waals surface area contributed by atoms with E-state index >= 15 is 0 Å². The Bertz CT molecular complexity index is 451. The summed E-state index contributed by atoms with van der Waals surface area (Å²) < 4.78 is 13.2. The van der Waals surface area contributed by atoms with Crippen molar-refractivity contribution in [1.29, 1.82) is 0 Å². The van der Waals surface area contributed by atoms with Crippen LogP contribution in [0.4, 0.5) is 10.1 Å². The number of nitro benzene ring substituents is 1. The zero-order valence-electron chi connectivity index (χ0n) is 10.8. The van der Waals surface area contributed by atoms with Crippen molar-refractivity contribution in [2.75, 3.05) is 32.8 Å². The van der Waals surface area contributed by atoms with Crippen molar-refractivity contribution in [1.82, 2.24) is 4.90 Å². The number of hydrogen-bond donors (Lipinski definition) is 3. The van der Waals surface area contributed by atoms with Gasteiger partial charge in [0.15, 0.2) is 0 Å². The summed E-state index contributed by atoms with van der Waals surface area (Å²) in [5, 5.41) is 38.3. The molecule has 0 aliphatic heterocycles. The molecule has 0 fully saturated rings. The van der Waals surface area contributed by atoms with Crippen LogP contribution in [0.3, 0.4) is 0 Å². The van der Waals surface area contributed by atoms with E-state index in [0.29, 0.717) is 0 Å². The normalized spacial score (nSPS) is 12.7. The predicted molar refractivity (Wildman–Crippen MR) is 68.6 cm³/mol. The molecule has 1 rings (SSSR count). The van der Waals surface area contributed by atoms with Crippen LogP contribution >= 0.6 is 0 Å². The van der Waals surface area contributed by atoms with Crippen molar-refractivity contribution in [3.8, 4) is 0 Å². The van der Waals surface area contributed by atoms with Gasteiger partial charge in [-0.3, -0.25) is 15.0 Å². The van der Waals surface area contributed by atoms with Crippen LogP contribution in [0.1, 0.15) is 11.7 Å². The van der Waals surface area contributed by atoms with Crippen molar-refractivity contribution >= 4 is 5.69 Å². The molecule has 0 aliphatic carbocycles. The highest BCUT2D eigenvalue weighted by molar-refractivity contribution is 5.37. The highest BCUT2D eigenvalue weighted by Crippen LogP contribution is 2.23. The zero-order chi connectivity index (χ0) is 15.1. The molecule has 0 aromatic heterocycles. The van der Waals surface area contributed by atoms with Crippen LogP contribution in [0.2, 0.25) is 0 Å². The van der Waals surface area contributed by atoms with E-state index in [0.717, 1.165) is 12.1 Å². The SMILES string of the molecule is O=[N+]([O-])c1cc(C(O)CN(CCO)CCO)ccc1F. The van der Waals surface area contributed by atoms with E-state index < -0.39 is 22.5 Å². The molecule has 3 N–H and O–H groups in total. The Kier molecular flexibility index (Phi) is 6.46. The van der Waals surface area contributed by atoms with Gasteiger partial charge in [-0.05, 0) is 11.6 Å². The first-order valence-corrected chi connectivity index (χ1v) is 6.05. The number of aliphatic hydroxyl groups excluding tert-OH is 3. The van der Waals surface area contributed by atoms with E-state index in [1.807, 2.05) is 0 Å². The lowest BCUT2D eigenvalue weighted by atomic mass is 10.1. The Hall–Kier alpha value is -1.61. The third-order valence-electron chi connectivity index (χ3n) is 2.82. The number of aliphatic hydroxyl groups is 3. The summed E-state index contributed by atoms with van der Waals surface area (Å²) in [6.07, 6.45) is -1.08. The largest absolute Gasteiger partial charge is 0.395 e. The molecular weight excluding hydrogens is 271 g/mol. The minimum Gasteiger partial charge on any atom is -0.395 e. The lowest BCUT2D eigenvalue weighted by Crippen LogP contribution is -2.33. The highest BCUT2D eigenvalue weighted by Gasteiger charge is 2.19. The summed E-state index contributed by atoms with van der Waals surface area (Å²) in [5.41, 5.74) is -0.489. The number of benzene rings is 1. The molecule has 0 heterocycles. The second kappa shape index (κ2) is 7.85. The van der Waals surface area contributed by atoms with Gasteiger partial charge < -0.3 is 15.3 Å². The van der Waals surface area contributed by atoms with Gasteiger partial charge in [-0.2, -0.15) is 4.39 Å². The maximum absolute atomic E-state index is 13.2. The smallest absolute Gasteiger partial charge is 0.305 e. The quantitative estimate of drug-likeness (QED) is 0.461. The van der Waals surface area contributed by atoms with E-state index in [9.17, 15) is 19.6 Å². The Balaban J connectivity index is 2.83. The van der Waals surface area contributed by atoms with E-state index in [4.69, 9.17) is 10.2 Å². The number of nitro groups is 1. The van der Waals surface area contributed by atoms with Crippen LogP contribution in [-0.4, -0.2) is 58.0 Å². The van der Waals surface area contributed by atoms with Crippen LogP contribution in [0.25, 0.3) is 0 Å². The molecule has 1 aromatic rings. The first-order valence-electron chi connectivity index (χ1n) is 6.05. The van der Waals surface area contributed by atoms with Gasteiger partial charge >= 0.3 is 5.69 Å². The molecule has 0 radical (unpaired) electrons. The molecule has 1 atom stereocenters. The summed E-state index contributed by atoms with van der Waals surface area (Å²) in [5.74, 6) is -0.964. The van der Waals surface area contributed by atoms with Gasteiger partial charge in [0.1, 0.15) is 0 Å². The second-order valence-corrected chi connectivity index (χ2v) is 4.23. The fourth-order valence-corrected chi connectivity index (χ4v) is 1.80. The summed E-state index contributed by atoms with van der Waals surface area (Å²) >= 11 is 0. The molecule has 1 unspecified atom stereocenters. The number of hydrogen-bond acceptors (Lipinski definition) is 6. The van der Waals surface area contributed by atoms with E-state index in [1.165, 1.54) is 6.07 Å². The molecule has 7 nitrogen and oxygen atoms in total. The van der Waals surface area contributed by atoms with Crippen molar-refractivity contribution in [2.45, 2.75) is 6.10 Å². The number of nitrogens with zero attached hydrogens (tertiary/aromatic N) is 2. The van der Waals surface area contributed by atoms with Crippen LogP contribution < -0.4 is 0 Å². The minimum atomic E-state index is -1.08. The average Bonchev–Trinajstić information content (AvgIpc) is 2.39. The summed E-state index contributed by atoms with van der Waals surface area (Å²) in [6, 6.07) is 3.18. The fraction of sp³-hybridized carbons (Fsp3) is 0.500. The highest BCUT2D eigenvalue weighted by atomic mass is 19.1. The Labute approximate surface area is 115 Å². The first-order chi connectivity index (χ1) is 9.49. The van der Waals surface area contributed by atoms with Crippen molar-refractivity contribution in [2.24, 2.45) is 0 Å². The molecule has 0 aliphatic rings. The molecule has 1 aromatic carbocycles. The molecule has 0 saturated heterocycles. The van der Waals surface area contributed by atoms with E-state index in [-0.39, 0.29) is 38.4 Å². The molecule has 0 saturated carbocycles. The topological polar surface area (TPSA) is 107 Å². The Morgan fingerprint density at radius 1 is 1.30 bits per heavy atom. The Morgan fingerprint density at radius 2 is 1.90 bits per heavy atom. The van der Waals surface area contributed by atoms with Crippen LogP contribution in [-0.2, 0) is 0 Å². The standard InChI is InChI=1S/C12H17FN2O5/c13-10-2-1-9(7-11(10)15(19)20)12(18)8-14(3-5-16)4-6-17/h1-2,7,12,16-18H,3-6,8H2. The third kappa shape index (κ3) is 4.49. The molecule has 20 heavy (non-hydrogen) atoms. The zero-order valence-corrected chi connectivity index (χ0v) is 10.8. The van der Waals surface area contributed by atoms with Crippen molar-refractivity contribution < 1.29 is 24.6 Å². The molecule has 112 valence electrons. The maximum atomic E-state index is 13.2. The minimum absolute atomic E-state index is 0.0733. The second-order valence-electron chi connectivity index (χ2n) is 4.23.